The first-order valence-corrected chi connectivity index (χ1v) is 5.76. The molecule has 0 unspecified atom stereocenters. The summed E-state index contributed by atoms with van der Waals surface area (Å²) >= 11 is 0. The first-order valence-electron chi connectivity index (χ1n) is 5.76. The molecule has 0 atom stereocenters. The van der Waals surface area contributed by atoms with Gasteiger partial charge in [-0.25, -0.2) is 4.98 Å². The third-order valence-electron chi connectivity index (χ3n) is 2.41. The second-order valence-corrected chi connectivity index (χ2v) is 4.05. The van der Waals surface area contributed by atoms with Gasteiger partial charge in [-0.2, -0.15) is 0 Å². The molecule has 94 valence electrons. The minimum Gasteiger partial charge on any atom is -0.441 e. The van der Waals surface area contributed by atoms with Gasteiger partial charge in [0, 0.05) is 13.0 Å². The number of fused-ring (bicyclic) bond motifs is 1. The van der Waals surface area contributed by atoms with Crippen LogP contribution in [-0.4, -0.2) is 23.2 Å². The predicted molar refractivity (Wildman–Crippen MR) is 66.0 cm³/mol. The number of Topliss-reactive ketones (excluding diaryl/α,β-unsaturated/α-hetero) is 1. The molecular weight excluding hydrogens is 232 g/mol. The lowest BCUT2D eigenvalue weighted by Gasteiger charge is -2.00. The van der Waals surface area contributed by atoms with E-state index in [0.29, 0.717) is 18.9 Å². The van der Waals surface area contributed by atoms with E-state index in [1.54, 1.807) is 0 Å². The highest BCUT2D eigenvalue weighted by Gasteiger charge is 2.07. The second kappa shape index (κ2) is 5.44. The van der Waals surface area contributed by atoms with Crippen molar-refractivity contribution < 1.29 is 14.0 Å². The maximum atomic E-state index is 11.2. The van der Waals surface area contributed by atoms with Gasteiger partial charge in [-0.3, -0.25) is 9.59 Å². The van der Waals surface area contributed by atoms with Crippen LogP contribution >= 0.6 is 0 Å². The molecule has 0 saturated heterocycles. The minimum atomic E-state index is -0.265. The Balaban J connectivity index is 1.87. The van der Waals surface area contributed by atoms with Crippen molar-refractivity contribution in [2.45, 2.75) is 19.8 Å². The smallest absolute Gasteiger partial charge is 0.227 e. The second-order valence-electron chi connectivity index (χ2n) is 4.05. The molecular formula is C13H14N2O3. The molecule has 18 heavy (non-hydrogen) atoms. The number of ketones is 1. The Labute approximate surface area is 104 Å². The van der Waals surface area contributed by atoms with Crippen LogP contribution in [0.2, 0.25) is 0 Å². The van der Waals surface area contributed by atoms with Crippen LogP contribution in [0.5, 0.6) is 0 Å². The van der Waals surface area contributed by atoms with Gasteiger partial charge in [0.15, 0.2) is 11.5 Å². The summed E-state index contributed by atoms with van der Waals surface area (Å²) < 4.78 is 5.50. The molecule has 1 aromatic carbocycles. The first-order chi connectivity index (χ1) is 8.65. The number of oxazole rings is 1. The van der Waals surface area contributed by atoms with Crippen LogP contribution in [0.4, 0.5) is 0 Å². The number of carbonyl (C=O) groups excluding carboxylic acids is 2. The third kappa shape index (κ3) is 3.16. The maximum Gasteiger partial charge on any atom is 0.227 e. The number of amides is 1. The van der Waals surface area contributed by atoms with Crippen LogP contribution in [-0.2, 0) is 16.0 Å². The van der Waals surface area contributed by atoms with Gasteiger partial charge in [0.25, 0.3) is 0 Å². The van der Waals surface area contributed by atoms with E-state index >= 15 is 0 Å². The average Bonchev–Trinajstić information content (AvgIpc) is 2.70. The molecule has 0 bridgehead atoms. The summed E-state index contributed by atoms with van der Waals surface area (Å²) in [5, 5.41) is 2.65. The van der Waals surface area contributed by atoms with Crippen molar-refractivity contribution in [1.29, 1.82) is 0 Å². The SMILES string of the molecule is CC(=O)CC(=O)NCCc1nc2ccccc2o1. The van der Waals surface area contributed by atoms with E-state index in [1.807, 2.05) is 24.3 Å². The maximum absolute atomic E-state index is 11.2. The van der Waals surface area contributed by atoms with Crippen molar-refractivity contribution >= 4 is 22.8 Å². The lowest BCUT2D eigenvalue weighted by molar-refractivity contribution is -0.127. The van der Waals surface area contributed by atoms with Crippen molar-refractivity contribution in [3.05, 3.63) is 30.2 Å². The molecule has 0 spiro atoms. The van der Waals surface area contributed by atoms with E-state index in [-0.39, 0.29) is 18.1 Å². The van der Waals surface area contributed by atoms with Crippen LogP contribution < -0.4 is 5.32 Å². The molecule has 1 amide bonds. The standard InChI is InChI=1S/C13H14N2O3/c1-9(16)8-12(17)14-7-6-13-15-10-4-2-3-5-11(10)18-13/h2-5H,6-8H2,1H3,(H,14,17). The van der Waals surface area contributed by atoms with E-state index in [2.05, 4.69) is 10.3 Å². The van der Waals surface area contributed by atoms with Crippen molar-refractivity contribution in [3.8, 4) is 0 Å². The summed E-state index contributed by atoms with van der Waals surface area (Å²) in [7, 11) is 0. The van der Waals surface area contributed by atoms with Gasteiger partial charge in [0.05, 0.1) is 6.42 Å². The van der Waals surface area contributed by atoms with Crippen molar-refractivity contribution in [3.63, 3.8) is 0 Å². The van der Waals surface area contributed by atoms with Gasteiger partial charge < -0.3 is 9.73 Å². The Morgan fingerprint density at radius 2 is 2.11 bits per heavy atom. The van der Waals surface area contributed by atoms with Gasteiger partial charge in [-0.15, -0.1) is 0 Å². The highest BCUT2D eigenvalue weighted by atomic mass is 16.3. The van der Waals surface area contributed by atoms with Crippen molar-refractivity contribution in [2.24, 2.45) is 0 Å². The van der Waals surface area contributed by atoms with E-state index in [0.717, 1.165) is 11.1 Å². The Kier molecular flexibility index (Phi) is 3.72. The molecule has 2 rings (SSSR count). The number of carbonyl (C=O) groups is 2. The van der Waals surface area contributed by atoms with Gasteiger partial charge in [0.1, 0.15) is 11.3 Å². The number of aromatic nitrogens is 1. The summed E-state index contributed by atoms with van der Waals surface area (Å²) in [5.41, 5.74) is 1.55. The van der Waals surface area contributed by atoms with Crippen LogP contribution in [0.3, 0.4) is 0 Å². The van der Waals surface area contributed by atoms with E-state index in [9.17, 15) is 9.59 Å². The minimum absolute atomic E-state index is 0.0758. The normalized spacial score (nSPS) is 10.5. The zero-order valence-corrected chi connectivity index (χ0v) is 10.1. The quantitative estimate of drug-likeness (QED) is 0.811. The molecule has 5 heteroatoms. The lowest BCUT2D eigenvalue weighted by Crippen LogP contribution is -2.27. The van der Waals surface area contributed by atoms with E-state index < -0.39 is 0 Å². The molecule has 0 aliphatic heterocycles. The fraction of sp³-hybridized carbons (Fsp3) is 0.308. The lowest BCUT2D eigenvalue weighted by atomic mass is 10.3. The van der Waals surface area contributed by atoms with Crippen molar-refractivity contribution in [1.82, 2.24) is 10.3 Å². The van der Waals surface area contributed by atoms with Crippen LogP contribution in [0, 0.1) is 0 Å². The molecule has 5 nitrogen and oxygen atoms in total. The zero-order chi connectivity index (χ0) is 13.0. The summed E-state index contributed by atoms with van der Waals surface area (Å²) in [5.74, 6) is 0.173. The number of hydrogen-bond donors (Lipinski definition) is 1. The van der Waals surface area contributed by atoms with E-state index in [4.69, 9.17) is 4.42 Å². The Morgan fingerprint density at radius 3 is 2.83 bits per heavy atom. The summed E-state index contributed by atoms with van der Waals surface area (Å²) in [6, 6.07) is 7.49. The number of nitrogens with one attached hydrogen (secondary N) is 1. The molecule has 0 aliphatic carbocycles. The van der Waals surface area contributed by atoms with Gasteiger partial charge >= 0.3 is 0 Å². The van der Waals surface area contributed by atoms with E-state index in [1.165, 1.54) is 6.92 Å². The van der Waals surface area contributed by atoms with Gasteiger partial charge in [-0.1, -0.05) is 12.1 Å². The molecule has 0 radical (unpaired) electrons. The number of nitrogens with zero attached hydrogens (tertiary/aromatic N) is 1. The highest BCUT2D eigenvalue weighted by Crippen LogP contribution is 2.14. The predicted octanol–water partition coefficient (Wildman–Crippen LogP) is 1.47. The van der Waals surface area contributed by atoms with Gasteiger partial charge in [-0.05, 0) is 19.1 Å². The first kappa shape index (κ1) is 12.3. The van der Waals surface area contributed by atoms with Crippen LogP contribution in [0.15, 0.2) is 28.7 Å². The summed E-state index contributed by atoms with van der Waals surface area (Å²) in [4.78, 5) is 26.2. The van der Waals surface area contributed by atoms with Gasteiger partial charge in [0.2, 0.25) is 5.91 Å². The summed E-state index contributed by atoms with van der Waals surface area (Å²) in [6.45, 7) is 1.80. The molecule has 2 aromatic rings. The highest BCUT2D eigenvalue weighted by molar-refractivity contribution is 5.96. The molecule has 1 aromatic heterocycles. The number of hydrogen-bond acceptors (Lipinski definition) is 4. The Morgan fingerprint density at radius 1 is 1.33 bits per heavy atom. The van der Waals surface area contributed by atoms with Crippen LogP contribution in [0.25, 0.3) is 11.1 Å². The average molecular weight is 246 g/mol. The Hall–Kier alpha value is -2.17. The zero-order valence-electron chi connectivity index (χ0n) is 10.1. The molecule has 1 N–H and O–H groups in total. The summed E-state index contributed by atoms with van der Waals surface area (Å²) in [6.07, 6.45) is 0.436. The Bertz CT molecular complexity index is 541. The monoisotopic (exact) mass is 246 g/mol. The molecule has 1 heterocycles. The number of rotatable bonds is 5. The largest absolute Gasteiger partial charge is 0.441 e. The third-order valence-corrected chi connectivity index (χ3v) is 2.41. The molecule has 0 fully saturated rings. The fourth-order valence-corrected chi connectivity index (χ4v) is 1.62. The molecule has 0 aliphatic rings. The fourth-order valence-electron chi connectivity index (χ4n) is 1.62. The van der Waals surface area contributed by atoms with Crippen molar-refractivity contribution in [2.75, 3.05) is 6.54 Å². The topological polar surface area (TPSA) is 72.2 Å². The number of para-hydroxylation sites is 2. The van der Waals surface area contributed by atoms with Crippen LogP contribution in [0.1, 0.15) is 19.2 Å². The molecule has 0 saturated carbocycles. The number of benzene rings is 1.